The summed E-state index contributed by atoms with van der Waals surface area (Å²) in [6, 6.07) is 0. The van der Waals surface area contributed by atoms with Gasteiger partial charge in [0, 0.05) is 5.57 Å². The molecular formula is C13H19F3O3. The summed E-state index contributed by atoms with van der Waals surface area (Å²) in [6.45, 7) is 5.29. The normalized spacial score (nSPS) is 24.0. The number of hydrogen-bond acceptors (Lipinski definition) is 3. The molecule has 0 atom stereocenters. The highest BCUT2D eigenvalue weighted by Gasteiger charge is 2.41. The minimum absolute atomic E-state index is 0.102. The molecule has 0 aliphatic heterocycles. The van der Waals surface area contributed by atoms with Gasteiger partial charge in [-0.2, -0.15) is 13.2 Å². The molecule has 3 nitrogen and oxygen atoms in total. The fourth-order valence-electron chi connectivity index (χ4n) is 2.03. The Morgan fingerprint density at radius 2 is 1.79 bits per heavy atom. The van der Waals surface area contributed by atoms with Gasteiger partial charge in [0.05, 0.1) is 18.6 Å². The fraction of sp³-hybridized carbons (Fsp3) is 0.769. The fourth-order valence-corrected chi connectivity index (χ4v) is 2.03. The third-order valence-electron chi connectivity index (χ3n) is 3.16. The van der Waals surface area contributed by atoms with E-state index in [-0.39, 0.29) is 32.2 Å². The topological polar surface area (TPSA) is 35.5 Å². The molecule has 1 fully saturated rings. The van der Waals surface area contributed by atoms with Gasteiger partial charge in [0.2, 0.25) is 0 Å². The highest BCUT2D eigenvalue weighted by atomic mass is 19.4. The molecule has 110 valence electrons. The first-order chi connectivity index (χ1) is 8.80. The van der Waals surface area contributed by atoms with Crippen molar-refractivity contribution in [2.24, 2.45) is 5.92 Å². The van der Waals surface area contributed by atoms with E-state index < -0.39 is 18.1 Å². The van der Waals surface area contributed by atoms with Crippen molar-refractivity contribution in [2.75, 3.05) is 13.2 Å². The average molecular weight is 280 g/mol. The van der Waals surface area contributed by atoms with Crippen LogP contribution < -0.4 is 0 Å². The number of ether oxygens (including phenoxy) is 2. The van der Waals surface area contributed by atoms with Crippen molar-refractivity contribution in [3.8, 4) is 0 Å². The standard InChI is InChI=1S/C13H19F3O3/c1-9(2)12(17)19-8-7-18-11-5-3-10(4-6-11)13(14,15)16/h10-11H,1,3-8H2,2H3. The third-order valence-corrected chi connectivity index (χ3v) is 3.16. The van der Waals surface area contributed by atoms with Crippen LogP contribution in [-0.4, -0.2) is 31.5 Å². The van der Waals surface area contributed by atoms with Crippen LogP contribution in [0.25, 0.3) is 0 Å². The Hall–Kier alpha value is -1.04. The van der Waals surface area contributed by atoms with E-state index in [1.807, 2.05) is 0 Å². The zero-order chi connectivity index (χ0) is 14.5. The Morgan fingerprint density at radius 3 is 2.26 bits per heavy atom. The second-order valence-electron chi connectivity index (χ2n) is 4.80. The smallest absolute Gasteiger partial charge is 0.391 e. The zero-order valence-electron chi connectivity index (χ0n) is 11.0. The third kappa shape index (κ3) is 5.63. The number of halogens is 3. The summed E-state index contributed by atoms with van der Waals surface area (Å²) in [6.07, 6.45) is -3.24. The molecule has 0 aromatic heterocycles. The van der Waals surface area contributed by atoms with Crippen molar-refractivity contribution in [2.45, 2.75) is 44.9 Å². The van der Waals surface area contributed by atoms with Gasteiger partial charge in [-0.25, -0.2) is 4.79 Å². The van der Waals surface area contributed by atoms with E-state index in [9.17, 15) is 18.0 Å². The van der Waals surface area contributed by atoms with Gasteiger partial charge in [-0.05, 0) is 32.6 Å². The Labute approximate surface area is 110 Å². The molecule has 1 rings (SSSR count). The lowest BCUT2D eigenvalue weighted by molar-refractivity contribution is -0.188. The van der Waals surface area contributed by atoms with Crippen LogP contribution in [0.3, 0.4) is 0 Å². The van der Waals surface area contributed by atoms with Crippen molar-refractivity contribution in [3.05, 3.63) is 12.2 Å². The van der Waals surface area contributed by atoms with Crippen LogP contribution in [0.2, 0.25) is 0 Å². The maximum atomic E-state index is 12.4. The SMILES string of the molecule is C=C(C)C(=O)OCCOC1CCC(C(F)(F)F)CC1. The van der Waals surface area contributed by atoms with Crippen molar-refractivity contribution in [1.29, 1.82) is 0 Å². The largest absolute Gasteiger partial charge is 0.460 e. The van der Waals surface area contributed by atoms with E-state index in [4.69, 9.17) is 9.47 Å². The van der Waals surface area contributed by atoms with E-state index in [0.29, 0.717) is 18.4 Å². The molecular weight excluding hydrogens is 261 g/mol. The molecule has 1 aliphatic rings. The Morgan fingerprint density at radius 1 is 1.21 bits per heavy atom. The number of rotatable bonds is 5. The summed E-state index contributed by atoms with van der Waals surface area (Å²) in [5.74, 6) is -1.68. The number of esters is 1. The zero-order valence-corrected chi connectivity index (χ0v) is 11.0. The van der Waals surface area contributed by atoms with E-state index >= 15 is 0 Å². The number of hydrogen-bond donors (Lipinski definition) is 0. The Kier molecular flexibility index (Phi) is 5.85. The molecule has 0 heterocycles. The number of alkyl halides is 3. The summed E-state index contributed by atoms with van der Waals surface area (Å²) < 4.78 is 47.5. The summed E-state index contributed by atoms with van der Waals surface area (Å²) in [5.41, 5.74) is 0.311. The van der Waals surface area contributed by atoms with Crippen LogP contribution in [0.4, 0.5) is 13.2 Å². The van der Waals surface area contributed by atoms with E-state index in [0.717, 1.165) is 0 Å². The molecule has 0 saturated heterocycles. The maximum absolute atomic E-state index is 12.4. The molecule has 6 heteroatoms. The second kappa shape index (κ2) is 6.93. The van der Waals surface area contributed by atoms with E-state index in [2.05, 4.69) is 6.58 Å². The van der Waals surface area contributed by atoms with Crippen molar-refractivity contribution < 1.29 is 27.4 Å². The molecule has 0 unspecified atom stereocenters. The molecule has 19 heavy (non-hydrogen) atoms. The summed E-state index contributed by atoms with van der Waals surface area (Å²) >= 11 is 0. The lowest BCUT2D eigenvalue weighted by Gasteiger charge is -2.29. The first-order valence-electron chi connectivity index (χ1n) is 6.31. The first-order valence-corrected chi connectivity index (χ1v) is 6.31. The quantitative estimate of drug-likeness (QED) is 0.440. The van der Waals surface area contributed by atoms with Gasteiger partial charge in [0.1, 0.15) is 6.61 Å². The number of carbonyl (C=O) groups excluding carboxylic acids is 1. The maximum Gasteiger partial charge on any atom is 0.391 e. The molecule has 1 saturated carbocycles. The van der Waals surface area contributed by atoms with Crippen molar-refractivity contribution >= 4 is 5.97 Å². The van der Waals surface area contributed by atoms with Gasteiger partial charge in [-0.3, -0.25) is 0 Å². The average Bonchev–Trinajstić information content (AvgIpc) is 2.33. The van der Waals surface area contributed by atoms with Gasteiger partial charge >= 0.3 is 12.1 Å². The van der Waals surface area contributed by atoms with Gasteiger partial charge in [-0.1, -0.05) is 6.58 Å². The minimum atomic E-state index is -4.10. The summed E-state index contributed by atoms with van der Waals surface area (Å²) in [4.78, 5) is 11.0. The van der Waals surface area contributed by atoms with Crippen LogP contribution >= 0.6 is 0 Å². The first kappa shape index (κ1) is 16.0. The predicted octanol–water partition coefficient (Wildman–Crippen LogP) is 3.24. The van der Waals surface area contributed by atoms with Gasteiger partial charge in [0.15, 0.2) is 0 Å². The van der Waals surface area contributed by atoms with Crippen LogP contribution in [0.15, 0.2) is 12.2 Å². The molecule has 0 spiro atoms. The lowest BCUT2D eigenvalue weighted by Crippen LogP contribution is -2.31. The number of carbonyl (C=O) groups is 1. The van der Waals surface area contributed by atoms with Gasteiger partial charge in [-0.15, -0.1) is 0 Å². The highest BCUT2D eigenvalue weighted by molar-refractivity contribution is 5.86. The van der Waals surface area contributed by atoms with Crippen LogP contribution in [0.5, 0.6) is 0 Å². The van der Waals surface area contributed by atoms with Crippen LogP contribution in [0, 0.1) is 5.92 Å². The van der Waals surface area contributed by atoms with Crippen molar-refractivity contribution in [3.63, 3.8) is 0 Å². The predicted molar refractivity (Wildman–Crippen MR) is 63.5 cm³/mol. The highest BCUT2D eigenvalue weighted by Crippen LogP contribution is 2.38. The Bertz CT molecular complexity index is 318. The summed E-state index contributed by atoms with van der Waals surface area (Å²) in [5, 5.41) is 0. The van der Waals surface area contributed by atoms with E-state index in [1.54, 1.807) is 6.92 Å². The van der Waals surface area contributed by atoms with Crippen LogP contribution in [-0.2, 0) is 14.3 Å². The van der Waals surface area contributed by atoms with Gasteiger partial charge < -0.3 is 9.47 Å². The lowest BCUT2D eigenvalue weighted by atomic mass is 9.87. The molecule has 0 radical (unpaired) electrons. The molecule has 0 aromatic carbocycles. The molecule has 0 amide bonds. The van der Waals surface area contributed by atoms with E-state index in [1.165, 1.54) is 0 Å². The molecule has 0 N–H and O–H groups in total. The summed E-state index contributed by atoms with van der Waals surface area (Å²) in [7, 11) is 0. The minimum Gasteiger partial charge on any atom is -0.460 e. The van der Waals surface area contributed by atoms with Crippen LogP contribution in [0.1, 0.15) is 32.6 Å². The molecule has 0 bridgehead atoms. The van der Waals surface area contributed by atoms with Crippen molar-refractivity contribution in [1.82, 2.24) is 0 Å². The van der Waals surface area contributed by atoms with Gasteiger partial charge in [0.25, 0.3) is 0 Å². The molecule has 0 aromatic rings. The molecule has 1 aliphatic carbocycles. The monoisotopic (exact) mass is 280 g/mol. The second-order valence-corrected chi connectivity index (χ2v) is 4.80. The Balaban J connectivity index is 2.13.